The first-order chi connectivity index (χ1) is 18.0. The molecular weight excluding hydrogens is 461 g/mol. The SMILES string of the molecule is CC(C)C(=O)Nc1cccc(C2CCN(CCCc3c(-c4cccc(F)c4)[nH]c4ccccc34)CC2)c1. The Morgan fingerprint density at radius 3 is 2.59 bits per heavy atom. The number of aromatic nitrogens is 1. The second kappa shape index (κ2) is 11.3. The minimum Gasteiger partial charge on any atom is -0.354 e. The molecule has 5 rings (SSSR count). The quantitative estimate of drug-likeness (QED) is 0.267. The summed E-state index contributed by atoms with van der Waals surface area (Å²) >= 11 is 0. The summed E-state index contributed by atoms with van der Waals surface area (Å²) in [6.07, 6.45) is 4.27. The predicted molar refractivity (Wildman–Crippen MR) is 150 cm³/mol. The number of para-hydroxylation sites is 1. The number of hydrogen-bond donors (Lipinski definition) is 2. The molecule has 0 radical (unpaired) electrons. The summed E-state index contributed by atoms with van der Waals surface area (Å²) in [7, 11) is 0. The third-order valence-corrected chi connectivity index (χ3v) is 7.57. The van der Waals surface area contributed by atoms with Crippen LogP contribution in [0.2, 0.25) is 0 Å². The molecule has 4 aromatic rings. The number of H-pyrrole nitrogens is 1. The number of hydrogen-bond acceptors (Lipinski definition) is 2. The summed E-state index contributed by atoms with van der Waals surface area (Å²) in [5, 5.41) is 4.26. The first-order valence-corrected chi connectivity index (χ1v) is 13.5. The monoisotopic (exact) mass is 497 g/mol. The van der Waals surface area contributed by atoms with Crippen molar-refractivity contribution in [3.05, 3.63) is 89.7 Å². The van der Waals surface area contributed by atoms with E-state index in [1.807, 2.05) is 32.0 Å². The lowest BCUT2D eigenvalue weighted by Crippen LogP contribution is -2.33. The molecule has 0 spiro atoms. The molecule has 1 saturated heterocycles. The summed E-state index contributed by atoms with van der Waals surface area (Å²) in [6, 6.07) is 23.6. The number of aryl methyl sites for hydroxylation is 1. The van der Waals surface area contributed by atoms with Crippen LogP contribution in [0.1, 0.15) is 50.2 Å². The van der Waals surface area contributed by atoms with Crippen LogP contribution < -0.4 is 5.32 Å². The van der Waals surface area contributed by atoms with E-state index in [9.17, 15) is 9.18 Å². The predicted octanol–water partition coefficient (Wildman–Crippen LogP) is 7.38. The van der Waals surface area contributed by atoms with Crippen molar-refractivity contribution in [1.29, 1.82) is 0 Å². The average Bonchev–Trinajstić information content (AvgIpc) is 3.28. The number of benzene rings is 3. The zero-order valence-electron chi connectivity index (χ0n) is 21.8. The standard InChI is InChI=1S/C32H36FN3O/c1-22(2)32(37)34-27-11-6-8-24(21-27)23-15-18-36(19-16-23)17-7-13-29-28-12-3-4-14-30(28)35-31(29)25-9-5-10-26(33)20-25/h3-6,8-12,14,20-23,35H,7,13,15-19H2,1-2H3,(H,34,37). The highest BCUT2D eigenvalue weighted by atomic mass is 19.1. The summed E-state index contributed by atoms with van der Waals surface area (Å²) in [4.78, 5) is 18.2. The number of halogens is 1. The maximum Gasteiger partial charge on any atom is 0.226 e. The van der Waals surface area contributed by atoms with Gasteiger partial charge < -0.3 is 15.2 Å². The molecule has 1 fully saturated rings. The zero-order chi connectivity index (χ0) is 25.8. The van der Waals surface area contributed by atoms with Crippen LogP contribution in [0.15, 0.2) is 72.8 Å². The number of anilines is 1. The van der Waals surface area contributed by atoms with Gasteiger partial charge in [-0.05, 0) is 92.7 Å². The molecule has 1 aromatic heterocycles. The molecule has 1 amide bonds. The Morgan fingerprint density at radius 2 is 1.81 bits per heavy atom. The minimum atomic E-state index is -0.210. The van der Waals surface area contributed by atoms with E-state index < -0.39 is 0 Å². The number of rotatable bonds is 8. The van der Waals surface area contributed by atoms with Gasteiger partial charge in [0.05, 0.1) is 0 Å². The molecular formula is C32H36FN3O. The van der Waals surface area contributed by atoms with Gasteiger partial charge in [0.1, 0.15) is 5.82 Å². The number of piperidine rings is 1. The van der Waals surface area contributed by atoms with Crippen LogP contribution in [-0.2, 0) is 11.2 Å². The van der Waals surface area contributed by atoms with Gasteiger partial charge >= 0.3 is 0 Å². The molecule has 4 nitrogen and oxygen atoms in total. The largest absolute Gasteiger partial charge is 0.354 e. The molecule has 2 heterocycles. The Balaban J connectivity index is 1.19. The van der Waals surface area contributed by atoms with Crippen LogP contribution in [0.4, 0.5) is 10.1 Å². The van der Waals surface area contributed by atoms with E-state index in [4.69, 9.17) is 0 Å². The molecule has 5 heteroatoms. The fraction of sp³-hybridized carbons (Fsp3) is 0.344. The van der Waals surface area contributed by atoms with Crippen molar-refractivity contribution < 1.29 is 9.18 Å². The van der Waals surface area contributed by atoms with Gasteiger partial charge in [-0.25, -0.2) is 4.39 Å². The number of likely N-dealkylation sites (tertiary alicyclic amines) is 1. The van der Waals surface area contributed by atoms with Gasteiger partial charge in [-0.3, -0.25) is 4.79 Å². The van der Waals surface area contributed by atoms with Gasteiger partial charge in [-0.15, -0.1) is 0 Å². The molecule has 0 unspecified atom stereocenters. The molecule has 2 N–H and O–H groups in total. The summed E-state index contributed by atoms with van der Waals surface area (Å²) < 4.78 is 14.0. The lowest BCUT2D eigenvalue weighted by atomic mass is 9.89. The fourth-order valence-corrected chi connectivity index (χ4v) is 5.48. The molecule has 37 heavy (non-hydrogen) atoms. The molecule has 3 aromatic carbocycles. The highest BCUT2D eigenvalue weighted by Crippen LogP contribution is 2.33. The Morgan fingerprint density at radius 1 is 1.03 bits per heavy atom. The van der Waals surface area contributed by atoms with E-state index in [0.717, 1.165) is 67.8 Å². The maximum absolute atomic E-state index is 14.0. The van der Waals surface area contributed by atoms with Crippen LogP contribution in [0.25, 0.3) is 22.2 Å². The van der Waals surface area contributed by atoms with Gasteiger partial charge in [0, 0.05) is 33.8 Å². The van der Waals surface area contributed by atoms with Crippen LogP contribution in [0.5, 0.6) is 0 Å². The van der Waals surface area contributed by atoms with Gasteiger partial charge in [0.2, 0.25) is 5.91 Å². The van der Waals surface area contributed by atoms with E-state index in [2.05, 4.69) is 51.6 Å². The smallest absolute Gasteiger partial charge is 0.226 e. The van der Waals surface area contributed by atoms with Crippen molar-refractivity contribution in [3.8, 4) is 11.3 Å². The number of carbonyl (C=O) groups excluding carboxylic acids is 1. The molecule has 0 aliphatic carbocycles. The minimum absolute atomic E-state index is 0.0268. The number of amides is 1. The topological polar surface area (TPSA) is 48.1 Å². The molecule has 0 bridgehead atoms. The van der Waals surface area contributed by atoms with Crippen molar-refractivity contribution >= 4 is 22.5 Å². The Hall–Kier alpha value is -3.44. The number of fused-ring (bicyclic) bond motifs is 1. The summed E-state index contributed by atoms with van der Waals surface area (Å²) in [5.74, 6) is 0.349. The fourth-order valence-electron chi connectivity index (χ4n) is 5.48. The maximum atomic E-state index is 14.0. The number of nitrogens with zero attached hydrogens (tertiary/aromatic N) is 1. The van der Waals surface area contributed by atoms with Crippen molar-refractivity contribution in [2.75, 3.05) is 25.0 Å². The first kappa shape index (κ1) is 25.2. The number of nitrogens with one attached hydrogen (secondary N) is 2. The van der Waals surface area contributed by atoms with Crippen molar-refractivity contribution in [1.82, 2.24) is 9.88 Å². The molecule has 0 saturated carbocycles. The Bertz CT molecular complexity index is 1370. The van der Waals surface area contributed by atoms with Crippen molar-refractivity contribution in [2.45, 2.75) is 45.4 Å². The second-order valence-electron chi connectivity index (χ2n) is 10.5. The lowest BCUT2D eigenvalue weighted by Gasteiger charge is -2.32. The van der Waals surface area contributed by atoms with E-state index in [1.54, 1.807) is 12.1 Å². The third-order valence-electron chi connectivity index (χ3n) is 7.57. The first-order valence-electron chi connectivity index (χ1n) is 13.5. The molecule has 0 atom stereocenters. The molecule has 1 aliphatic rings. The normalized spacial score (nSPS) is 14.9. The highest BCUT2D eigenvalue weighted by molar-refractivity contribution is 5.92. The Labute approximate surface area is 218 Å². The van der Waals surface area contributed by atoms with Crippen LogP contribution in [-0.4, -0.2) is 35.4 Å². The average molecular weight is 498 g/mol. The number of carbonyl (C=O) groups is 1. The van der Waals surface area contributed by atoms with Crippen LogP contribution in [0, 0.1) is 11.7 Å². The van der Waals surface area contributed by atoms with Crippen LogP contribution in [0.3, 0.4) is 0 Å². The lowest BCUT2D eigenvalue weighted by molar-refractivity contribution is -0.118. The highest BCUT2D eigenvalue weighted by Gasteiger charge is 2.21. The zero-order valence-corrected chi connectivity index (χ0v) is 21.8. The van der Waals surface area contributed by atoms with Gasteiger partial charge in [0.15, 0.2) is 0 Å². The van der Waals surface area contributed by atoms with E-state index in [-0.39, 0.29) is 17.6 Å². The third kappa shape index (κ3) is 5.94. The summed E-state index contributed by atoms with van der Waals surface area (Å²) in [6.45, 7) is 7.04. The van der Waals surface area contributed by atoms with Crippen LogP contribution >= 0.6 is 0 Å². The van der Waals surface area contributed by atoms with Gasteiger partial charge in [-0.2, -0.15) is 0 Å². The van der Waals surface area contributed by atoms with E-state index in [0.29, 0.717) is 5.92 Å². The molecule has 1 aliphatic heterocycles. The van der Waals surface area contributed by atoms with E-state index in [1.165, 1.54) is 22.6 Å². The van der Waals surface area contributed by atoms with Gasteiger partial charge in [-0.1, -0.05) is 56.3 Å². The van der Waals surface area contributed by atoms with Gasteiger partial charge in [0.25, 0.3) is 0 Å². The number of aromatic amines is 1. The molecule has 192 valence electrons. The van der Waals surface area contributed by atoms with Crippen molar-refractivity contribution in [2.24, 2.45) is 5.92 Å². The van der Waals surface area contributed by atoms with E-state index >= 15 is 0 Å². The Kier molecular flexibility index (Phi) is 7.71. The summed E-state index contributed by atoms with van der Waals surface area (Å²) in [5.41, 5.74) is 6.52. The second-order valence-corrected chi connectivity index (χ2v) is 10.5. The van der Waals surface area contributed by atoms with Crippen molar-refractivity contribution in [3.63, 3.8) is 0 Å².